The predicted octanol–water partition coefficient (Wildman–Crippen LogP) is 1.70. The van der Waals surface area contributed by atoms with Gasteiger partial charge in [0, 0.05) is 44.6 Å². The van der Waals surface area contributed by atoms with E-state index in [0.29, 0.717) is 32.6 Å². The van der Waals surface area contributed by atoms with E-state index in [1.165, 1.54) is 12.1 Å². The zero-order valence-electron chi connectivity index (χ0n) is 13.1. The Hall–Kier alpha value is -1.66. The first-order valence-corrected chi connectivity index (χ1v) is 8.09. The SMILES string of the molecule is O=C(NCC1(O)CCOCC1)NCC1(c2ccc(F)cc2)CC1. The lowest BCUT2D eigenvalue weighted by Gasteiger charge is -2.32. The molecule has 3 rings (SSSR count). The number of urea groups is 1. The quantitative estimate of drug-likeness (QED) is 0.773. The minimum absolute atomic E-state index is 0.0688. The van der Waals surface area contributed by atoms with Crippen molar-refractivity contribution in [3.05, 3.63) is 35.6 Å². The third kappa shape index (κ3) is 4.00. The molecule has 0 bridgehead atoms. The molecule has 3 N–H and O–H groups in total. The van der Waals surface area contributed by atoms with Gasteiger partial charge in [0.2, 0.25) is 0 Å². The summed E-state index contributed by atoms with van der Waals surface area (Å²) in [5, 5.41) is 15.9. The predicted molar refractivity (Wildman–Crippen MR) is 83.7 cm³/mol. The molecule has 0 unspecified atom stereocenters. The zero-order valence-corrected chi connectivity index (χ0v) is 13.1. The van der Waals surface area contributed by atoms with Crippen molar-refractivity contribution in [1.29, 1.82) is 0 Å². The number of ether oxygens (including phenoxy) is 1. The van der Waals surface area contributed by atoms with Crippen LogP contribution >= 0.6 is 0 Å². The topological polar surface area (TPSA) is 70.6 Å². The Labute approximate surface area is 135 Å². The van der Waals surface area contributed by atoms with E-state index >= 15 is 0 Å². The molecule has 1 saturated heterocycles. The molecule has 23 heavy (non-hydrogen) atoms. The summed E-state index contributed by atoms with van der Waals surface area (Å²) in [6.07, 6.45) is 3.04. The second-order valence-electron chi connectivity index (χ2n) is 6.66. The van der Waals surface area contributed by atoms with Gasteiger partial charge in [-0.2, -0.15) is 0 Å². The van der Waals surface area contributed by atoms with Gasteiger partial charge in [-0.15, -0.1) is 0 Å². The molecule has 1 saturated carbocycles. The van der Waals surface area contributed by atoms with Crippen LogP contribution in [0.25, 0.3) is 0 Å². The van der Waals surface area contributed by atoms with Gasteiger partial charge in [-0.1, -0.05) is 12.1 Å². The highest BCUT2D eigenvalue weighted by atomic mass is 19.1. The number of rotatable bonds is 5. The fourth-order valence-electron chi connectivity index (χ4n) is 3.01. The number of benzene rings is 1. The maximum Gasteiger partial charge on any atom is 0.314 e. The highest BCUT2D eigenvalue weighted by Crippen LogP contribution is 2.47. The van der Waals surface area contributed by atoms with Crippen molar-refractivity contribution >= 4 is 6.03 Å². The van der Waals surface area contributed by atoms with Crippen molar-refractivity contribution in [3.63, 3.8) is 0 Å². The fraction of sp³-hybridized carbons (Fsp3) is 0.588. The van der Waals surface area contributed by atoms with Crippen LogP contribution in [0.1, 0.15) is 31.2 Å². The van der Waals surface area contributed by atoms with Gasteiger partial charge in [0.1, 0.15) is 5.82 Å². The summed E-state index contributed by atoms with van der Waals surface area (Å²) in [6, 6.07) is 6.20. The van der Waals surface area contributed by atoms with Crippen LogP contribution in [0, 0.1) is 5.82 Å². The molecule has 1 aromatic rings. The number of hydrogen-bond acceptors (Lipinski definition) is 3. The zero-order chi connectivity index (χ0) is 16.3. The average Bonchev–Trinajstić information content (AvgIpc) is 3.34. The van der Waals surface area contributed by atoms with Crippen molar-refractivity contribution in [3.8, 4) is 0 Å². The smallest absolute Gasteiger partial charge is 0.314 e. The van der Waals surface area contributed by atoms with E-state index in [9.17, 15) is 14.3 Å². The number of hydrogen-bond donors (Lipinski definition) is 3. The third-order valence-corrected chi connectivity index (χ3v) is 4.90. The Balaban J connectivity index is 1.46. The van der Waals surface area contributed by atoms with Gasteiger partial charge in [0.05, 0.1) is 5.60 Å². The fourth-order valence-corrected chi connectivity index (χ4v) is 3.01. The first-order chi connectivity index (χ1) is 11.0. The van der Waals surface area contributed by atoms with Gasteiger partial charge in [-0.25, -0.2) is 9.18 Å². The molecular formula is C17H23FN2O3. The van der Waals surface area contributed by atoms with E-state index in [0.717, 1.165) is 18.4 Å². The Morgan fingerprint density at radius 3 is 2.30 bits per heavy atom. The van der Waals surface area contributed by atoms with Gasteiger partial charge >= 0.3 is 6.03 Å². The molecule has 6 heteroatoms. The van der Waals surface area contributed by atoms with Crippen LogP contribution in [0.4, 0.5) is 9.18 Å². The van der Waals surface area contributed by atoms with E-state index in [4.69, 9.17) is 4.74 Å². The largest absolute Gasteiger partial charge is 0.388 e. The maximum atomic E-state index is 13.0. The first kappa shape index (κ1) is 16.2. The van der Waals surface area contributed by atoms with E-state index in [1.54, 1.807) is 12.1 Å². The Morgan fingerprint density at radius 1 is 1.09 bits per heavy atom. The van der Waals surface area contributed by atoms with Gasteiger partial charge in [-0.3, -0.25) is 0 Å². The van der Waals surface area contributed by atoms with Crippen LogP contribution in [0.15, 0.2) is 24.3 Å². The van der Waals surface area contributed by atoms with Crippen LogP contribution in [-0.2, 0) is 10.2 Å². The molecule has 5 nitrogen and oxygen atoms in total. The Morgan fingerprint density at radius 2 is 1.70 bits per heavy atom. The third-order valence-electron chi connectivity index (χ3n) is 4.90. The van der Waals surface area contributed by atoms with Crippen LogP contribution < -0.4 is 10.6 Å². The average molecular weight is 322 g/mol. The Bertz CT molecular complexity index is 551. The monoisotopic (exact) mass is 322 g/mol. The molecule has 1 aliphatic carbocycles. The summed E-state index contributed by atoms with van der Waals surface area (Å²) < 4.78 is 18.2. The molecule has 1 aromatic carbocycles. The molecule has 126 valence electrons. The summed E-state index contributed by atoms with van der Waals surface area (Å²) in [6.45, 7) is 1.79. The molecule has 0 atom stereocenters. The van der Waals surface area contributed by atoms with E-state index < -0.39 is 5.60 Å². The number of amides is 2. The number of nitrogens with one attached hydrogen (secondary N) is 2. The molecule has 0 aromatic heterocycles. The normalized spacial score (nSPS) is 21.5. The first-order valence-electron chi connectivity index (χ1n) is 8.09. The molecule has 1 heterocycles. The van der Waals surface area contributed by atoms with E-state index in [1.807, 2.05) is 0 Å². The van der Waals surface area contributed by atoms with Crippen molar-refractivity contribution in [2.45, 2.75) is 36.7 Å². The van der Waals surface area contributed by atoms with Crippen LogP contribution in [-0.4, -0.2) is 43.0 Å². The molecule has 0 spiro atoms. The molecule has 2 aliphatic rings. The number of aliphatic hydroxyl groups is 1. The molecular weight excluding hydrogens is 299 g/mol. The lowest BCUT2D eigenvalue weighted by Crippen LogP contribution is -2.49. The minimum atomic E-state index is -0.871. The maximum absolute atomic E-state index is 13.0. The minimum Gasteiger partial charge on any atom is -0.388 e. The summed E-state index contributed by atoms with van der Waals surface area (Å²) in [5.41, 5.74) is 0.118. The highest BCUT2D eigenvalue weighted by molar-refractivity contribution is 5.74. The number of carbonyl (C=O) groups excluding carboxylic acids is 1. The van der Waals surface area contributed by atoms with Crippen LogP contribution in [0.3, 0.4) is 0 Å². The second kappa shape index (κ2) is 6.45. The van der Waals surface area contributed by atoms with Gasteiger partial charge in [0.25, 0.3) is 0 Å². The van der Waals surface area contributed by atoms with Crippen molar-refractivity contribution in [2.75, 3.05) is 26.3 Å². The highest BCUT2D eigenvalue weighted by Gasteiger charge is 2.44. The van der Waals surface area contributed by atoms with Crippen molar-refractivity contribution < 1.29 is 19.0 Å². The van der Waals surface area contributed by atoms with Crippen molar-refractivity contribution in [2.24, 2.45) is 0 Å². The Kier molecular flexibility index (Phi) is 4.55. The van der Waals surface area contributed by atoms with Crippen molar-refractivity contribution in [1.82, 2.24) is 10.6 Å². The molecule has 2 amide bonds. The van der Waals surface area contributed by atoms with E-state index in [-0.39, 0.29) is 23.8 Å². The lowest BCUT2D eigenvalue weighted by atomic mass is 9.94. The van der Waals surface area contributed by atoms with Gasteiger partial charge in [0.15, 0.2) is 0 Å². The second-order valence-corrected chi connectivity index (χ2v) is 6.66. The summed E-state index contributed by atoms with van der Waals surface area (Å²) in [5.74, 6) is -0.250. The molecule has 1 aliphatic heterocycles. The van der Waals surface area contributed by atoms with Crippen LogP contribution in [0.2, 0.25) is 0 Å². The lowest BCUT2D eigenvalue weighted by molar-refractivity contribution is -0.0600. The van der Waals surface area contributed by atoms with E-state index in [2.05, 4.69) is 10.6 Å². The standard InChI is InChI=1S/C17H23FN2O3/c18-14-3-1-13(2-4-14)16(5-6-16)11-19-15(21)20-12-17(22)7-9-23-10-8-17/h1-4,22H,5-12H2,(H2,19,20,21). The van der Waals surface area contributed by atoms with Crippen LogP contribution in [0.5, 0.6) is 0 Å². The molecule has 0 radical (unpaired) electrons. The summed E-state index contributed by atoms with van der Waals surface area (Å²) >= 11 is 0. The molecule has 2 fully saturated rings. The number of halogens is 1. The summed E-state index contributed by atoms with van der Waals surface area (Å²) in [7, 11) is 0. The summed E-state index contributed by atoms with van der Waals surface area (Å²) in [4.78, 5) is 12.0. The van der Waals surface area contributed by atoms with Gasteiger partial charge < -0.3 is 20.5 Å². The van der Waals surface area contributed by atoms with Gasteiger partial charge in [-0.05, 0) is 30.5 Å². The number of carbonyl (C=O) groups is 1.